The predicted octanol–water partition coefficient (Wildman–Crippen LogP) is 1.38. The van der Waals surface area contributed by atoms with E-state index in [1.165, 1.54) is 5.56 Å². The van der Waals surface area contributed by atoms with Gasteiger partial charge in [0.1, 0.15) is 0 Å². The molecule has 14 heavy (non-hydrogen) atoms. The van der Waals surface area contributed by atoms with Crippen LogP contribution in [0.5, 0.6) is 0 Å². The monoisotopic (exact) mass is 194 g/mol. The highest BCUT2D eigenvalue weighted by Crippen LogP contribution is 2.04. The number of methoxy groups -OCH3 is 1. The molecule has 1 aromatic rings. The van der Waals surface area contributed by atoms with Gasteiger partial charge in [0, 0.05) is 32.2 Å². The summed E-state index contributed by atoms with van der Waals surface area (Å²) >= 11 is 0. The quantitative estimate of drug-likeness (QED) is 0.696. The van der Waals surface area contributed by atoms with Crippen LogP contribution in [-0.2, 0) is 11.2 Å². The molecular weight excluding hydrogens is 176 g/mol. The van der Waals surface area contributed by atoms with Crippen molar-refractivity contribution >= 4 is 0 Å². The predicted molar refractivity (Wildman–Crippen MR) is 57.0 cm³/mol. The third kappa shape index (κ3) is 4.35. The summed E-state index contributed by atoms with van der Waals surface area (Å²) in [6, 6.07) is 4.22. The fourth-order valence-electron chi connectivity index (χ4n) is 1.41. The topological polar surface area (TPSA) is 48.1 Å². The van der Waals surface area contributed by atoms with Gasteiger partial charge >= 0.3 is 0 Å². The molecule has 0 spiro atoms. The van der Waals surface area contributed by atoms with E-state index in [2.05, 4.69) is 11.1 Å². The molecule has 0 aromatic carbocycles. The van der Waals surface area contributed by atoms with E-state index in [1.807, 2.05) is 12.3 Å². The zero-order valence-electron chi connectivity index (χ0n) is 8.65. The van der Waals surface area contributed by atoms with Gasteiger partial charge in [-0.25, -0.2) is 0 Å². The molecular formula is C11H18N2O. The van der Waals surface area contributed by atoms with E-state index in [-0.39, 0.29) is 6.04 Å². The van der Waals surface area contributed by atoms with E-state index in [4.69, 9.17) is 10.5 Å². The first kappa shape index (κ1) is 11.1. The van der Waals surface area contributed by atoms with E-state index < -0.39 is 0 Å². The van der Waals surface area contributed by atoms with Gasteiger partial charge in [-0.3, -0.25) is 4.98 Å². The summed E-state index contributed by atoms with van der Waals surface area (Å²) in [5, 5.41) is 0. The van der Waals surface area contributed by atoms with Gasteiger partial charge in [0.05, 0.1) is 0 Å². The first-order valence-corrected chi connectivity index (χ1v) is 4.96. The molecule has 78 valence electrons. The minimum Gasteiger partial charge on any atom is -0.385 e. The van der Waals surface area contributed by atoms with Crippen molar-refractivity contribution in [3.63, 3.8) is 0 Å². The summed E-state index contributed by atoms with van der Waals surface area (Å²) in [7, 11) is 1.71. The second-order valence-electron chi connectivity index (χ2n) is 3.46. The Balaban J connectivity index is 2.23. The van der Waals surface area contributed by atoms with Crippen molar-refractivity contribution in [3.05, 3.63) is 30.1 Å². The summed E-state index contributed by atoms with van der Waals surface area (Å²) in [5.41, 5.74) is 7.17. The standard InChI is InChI=1S/C11H18N2O/c1-14-7-3-5-11(12)8-10-4-2-6-13-9-10/h2,4,6,9,11H,3,5,7-8,12H2,1H3. The number of pyridine rings is 1. The Morgan fingerprint density at radius 2 is 2.43 bits per heavy atom. The van der Waals surface area contributed by atoms with Crippen LogP contribution < -0.4 is 5.73 Å². The molecule has 0 aliphatic carbocycles. The minimum absolute atomic E-state index is 0.217. The summed E-state index contributed by atoms with van der Waals surface area (Å²) in [6.07, 6.45) is 6.58. The summed E-state index contributed by atoms with van der Waals surface area (Å²) < 4.78 is 4.97. The van der Waals surface area contributed by atoms with Crippen molar-refractivity contribution < 1.29 is 4.74 Å². The highest BCUT2D eigenvalue weighted by molar-refractivity contribution is 5.09. The number of rotatable bonds is 6. The van der Waals surface area contributed by atoms with E-state index >= 15 is 0 Å². The van der Waals surface area contributed by atoms with Crippen molar-refractivity contribution in [3.8, 4) is 0 Å². The minimum atomic E-state index is 0.217. The fraction of sp³-hybridized carbons (Fsp3) is 0.545. The molecule has 1 rings (SSSR count). The van der Waals surface area contributed by atoms with Crippen molar-refractivity contribution in [2.45, 2.75) is 25.3 Å². The summed E-state index contributed by atoms with van der Waals surface area (Å²) in [4.78, 5) is 4.05. The SMILES string of the molecule is COCCCC(N)Cc1cccnc1. The third-order valence-electron chi connectivity index (χ3n) is 2.14. The van der Waals surface area contributed by atoms with Crippen LogP contribution in [0.4, 0.5) is 0 Å². The molecule has 0 amide bonds. The van der Waals surface area contributed by atoms with Crippen LogP contribution in [0.25, 0.3) is 0 Å². The maximum absolute atomic E-state index is 5.96. The lowest BCUT2D eigenvalue weighted by Crippen LogP contribution is -2.23. The van der Waals surface area contributed by atoms with Crippen molar-refractivity contribution in [1.82, 2.24) is 4.98 Å². The van der Waals surface area contributed by atoms with E-state index in [1.54, 1.807) is 13.3 Å². The second-order valence-corrected chi connectivity index (χ2v) is 3.46. The average molecular weight is 194 g/mol. The Morgan fingerprint density at radius 1 is 1.57 bits per heavy atom. The van der Waals surface area contributed by atoms with Gasteiger partial charge in [-0.15, -0.1) is 0 Å². The maximum Gasteiger partial charge on any atom is 0.0462 e. The van der Waals surface area contributed by atoms with E-state index in [9.17, 15) is 0 Å². The lowest BCUT2D eigenvalue weighted by Gasteiger charge is -2.10. The van der Waals surface area contributed by atoms with Crippen LogP contribution >= 0.6 is 0 Å². The van der Waals surface area contributed by atoms with Crippen LogP contribution in [0, 0.1) is 0 Å². The maximum atomic E-state index is 5.96. The van der Waals surface area contributed by atoms with Crippen LogP contribution in [0.1, 0.15) is 18.4 Å². The van der Waals surface area contributed by atoms with Crippen molar-refractivity contribution in [2.75, 3.05) is 13.7 Å². The van der Waals surface area contributed by atoms with Gasteiger partial charge in [-0.05, 0) is 30.9 Å². The Hall–Kier alpha value is -0.930. The molecule has 0 bridgehead atoms. The zero-order valence-corrected chi connectivity index (χ0v) is 8.65. The molecule has 1 unspecified atom stereocenters. The highest BCUT2D eigenvalue weighted by Gasteiger charge is 2.03. The largest absolute Gasteiger partial charge is 0.385 e. The number of hydrogen-bond acceptors (Lipinski definition) is 3. The molecule has 0 fully saturated rings. The molecule has 2 N–H and O–H groups in total. The first-order valence-electron chi connectivity index (χ1n) is 4.96. The molecule has 0 radical (unpaired) electrons. The van der Waals surface area contributed by atoms with Gasteiger partial charge in [0.25, 0.3) is 0 Å². The van der Waals surface area contributed by atoms with Gasteiger partial charge < -0.3 is 10.5 Å². The summed E-state index contributed by atoms with van der Waals surface area (Å²) in [6.45, 7) is 0.792. The van der Waals surface area contributed by atoms with Crippen LogP contribution in [0.15, 0.2) is 24.5 Å². The van der Waals surface area contributed by atoms with Crippen LogP contribution in [0.3, 0.4) is 0 Å². The third-order valence-corrected chi connectivity index (χ3v) is 2.14. The Kier molecular flexibility index (Phi) is 5.19. The lowest BCUT2D eigenvalue weighted by molar-refractivity contribution is 0.190. The van der Waals surface area contributed by atoms with Gasteiger partial charge in [0.2, 0.25) is 0 Å². The van der Waals surface area contributed by atoms with E-state index in [0.717, 1.165) is 25.9 Å². The molecule has 3 nitrogen and oxygen atoms in total. The fourth-order valence-corrected chi connectivity index (χ4v) is 1.41. The first-order chi connectivity index (χ1) is 6.83. The van der Waals surface area contributed by atoms with Crippen LogP contribution in [0.2, 0.25) is 0 Å². The Morgan fingerprint density at radius 3 is 3.07 bits per heavy atom. The number of nitrogens with zero attached hydrogens (tertiary/aromatic N) is 1. The Labute approximate surface area is 85.3 Å². The zero-order chi connectivity index (χ0) is 10.2. The molecule has 3 heteroatoms. The van der Waals surface area contributed by atoms with Crippen molar-refractivity contribution in [1.29, 1.82) is 0 Å². The average Bonchev–Trinajstić information content (AvgIpc) is 2.20. The van der Waals surface area contributed by atoms with Crippen molar-refractivity contribution in [2.24, 2.45) is 5.73 Å². The molecule has 0 saturated heterocycles. The van der Waals surface area contributed by atoms with Gasteiger partial charge in [-0.1, -0.05) is 6.07 Å². The molecule has 1 aromatic heterocycles. The molecule has 0 aliphatic heterocycles. The van der Waals surface area contributed by atoms with Gasteiger partial charge in [0.15, 0.2) is 0 Å². The Bertz CT molecular complexity index is 238. The number of nitrogens with two attached hydrogens (primary N) is 1. The smallest absolute Gasteiger partial charge is 0.0462 e. The number of aromatic nitrogens is 1. The molecule has 0 aliphatic rings. The second kappa shape index (κ2) is 6.51. The van der Waals surface area contributed by atoms with Crippen LogP contribution in [-0.4, -0.2) is 24.7 Å². The lowest BCUT2D eigenvalue weighted by atomic mass is 10.0. The highest BCUT2D eigenvalue weighted by atomic mass is 16.5. The van der Waals surface area contributed by atoms with Gasteiger partial charge in [-0.2, -0.15) is 0 Å². The molecule has 1 heterocycles. The molecule has 1 atom stereocenters. The van der Waals surface area contributed by atoms with E-state index in [0.29, 0.717) is 0 Å². The summed E-state index contributed by atoms with van der Waals surface area (Å²) in [5.74, 6) is 0. The number of hydrogen-bond donors (Lipinski definition) is 1. The number of ether oxygens (including phenoxy) is 1. The molecule has 0 saturated carbocycles. The normalized spacial score (nSPS) is 12.7.